The maximum absolute atomic E-state index is 11.5. The number of methoxy groups -OCH3 is 1. The molecule has 0 aliphatic heterocycles. The average molecular weight is 202 g/mol. The van der Waals surface area contributed by atoms with E-state index >= 15 is 0 Å². The molecule has 0 rings (SSSR count). The molecule has 0 aliphatic carbocycles. The fraction of sp³-hybridized carbons (Fsp3) is 0.909. The van der Waals surface area contributed by atoms with E-state index in [2.05, 4.69) is 0 Å². The van der Waals surface area contributed by atoms with Crippen LogP contribution in [0, 0.1) is 5.92 Å². The van der Waals surface area contributed by atoms with Crippen molar-refractivity contribution in [1.82, 2.24) is 0 Å². The molecule has 0 aromatic heterocycles. The second-order valence-corrected chi connectivity index (χ2v) is 4.62. The molecule has 0 saturated heterocycles. The maximum atomic E-state index is 11.5. The van der Waals surface area contributed by atoms with Gasteiger partial charge in [0.2, 0.25) is 0 Å². The van der Waals surface area contributed by atoms with Crippen molar-refractivity contribution in [1.29, 1.82) is 0 Å². The van der Waals surface area contributed by atoms with Gasteiger partial charge >= 0.3 is 0 Å². The molecule has 0 aromatic carbocycles. The van der Waals surface area contributed by atoms with Gasteiger partial charge in [0.25, 0.3) is 0 Å². The molecular formula is C11H22O3. The molecule has 0 aromatic rings. The van der Waals surface area contributed by atoms with E-state index < -0.39 is 0 Å². The van der Waals surface area contributed by atoms with E-state index in [0.29, 0.717) is 0 Å². The Balaban J connectivity index is 4.11. The molecule has 0 N–H and O–H groups in total. The van der Waals surface area contributed by atoms with Crippen molar-refractivity contribution in [2.45, 2.75) is 46.3 Å². The molecular weight excluding hydrogens is 180 g/mol. The summed E-state index contributed by atoms with van der Waals surface area (Å²) in [6, 6.07) is 0. The minimum atomic E-state index is -0.207. The van der Waals surface area contributed by atoms with E-state index in [0.717, 1.165) is 0 Å². The van der Waals surface area contributed by atoms with Gasteiger partial charge in [-0.25, -0.2) is 0 Å². The highest BCUT2D eigenvalue weighted by molar-refractivity contribution is 5.82. The zero-order valence-corrected chi connectivity index (χ0v) is 10.1. The summed E-state index contributed by atoms with van der Waals surface area (Å²) in [4.78, 5) is 11.5. The summed E-state index contributed by atoms with van der Waals surface area (Å²) in [5, 5.41) is 0. The molecule has 84 valence electrons. The van der Waals surface area contributed by atoms with Gasteiger partial charge in [-0.05, 0) is 27.7 Å². The van der Waals surface area contributed by atoms with Crippen LogP contribution in [0.1, 0.15) is 34.6 Å². The summed E-state index contributed by atoms with van der Waals surface area (Å²) in [6.45, 7) is 9.91. The molecule has 0 amide bonds. The van der Waals surface area contributed by atoms with Crippen molar-refractivity contribution in [2.75, 3.05) is 13.7 Å². The summed E-state index contributed by atoms with van der Waals surface area (Å²) in [6.07, 6.45) is -0.0716. The zero-order valence-electron chi connectivity index (χ0n) is 10.1. The first kappa shape index (κ1) is 13.6. The predicted octanol–water partition coefficient (Wildman–Crippen LogP) is 2.04. The van der Waals surface area contributed by atoms with Crippen LogP contribution >= 0.6 is 0 Å². The van der Waals surface area contributed by atoms with Crippen LogP contribution in [0.2, 0.25) is 0 Å². The quantitative estimate of drug-likeness (QED) is 0.684. The van der Waals surface area contributed by atoms with Crippen LogP contribution in [-0.2, 0) is 14.3 Å². The number of hydrogen-bond donors (Lipinski definition) is 0. The number of Topliss-reactive ketones (excluding diaryl/α,β-unsaturated/α-hetero) is 1. The third kappa shape index (κ3) is 5.35. The van der Waals surface area contributed by atoms with Crippen LogP contribution < -0.4 is 0 Å². The van der Waals surface area contributed by atoms with Crippen molar-refractivity contribution < 1.29 is 14.3 Å². The van der Waals surface area contributed by atoms with Crippen LogP contribution in [0.4, 0.5) is 0 Å². The normalized spacial score (nSPS) is 16.4. The van der Waals surface area contributed by atoms with Crippen LogP contribution in [0.15, 0.2) is 0 Å². The summed E-state index contributed by atoms with van der Waals surface area (Å²) < 4.78 is 10.5. The number of carbonyl (C=O) groups is 1. The van der Waals surface area contributed by atoms with Crippen molar-refractivity contribution in [3.63, 3.8) is 0 Å². The lowest BCUT2D eigenvalue weighted by molar-refractivity contribution is -0.135. The van der Waals surface area contributed by atoms with Crippen LogP contribution in [0.25, 0.3) is 0 Å². The minimum absolute atomic E-state index is 0.0716. The van der Waals surface area contributed by atoms with Crippen LogP contribution in [0.3, 0.4) is 0 Å². The summed E-state index contributed by atoms with van der Waals surface area (Å²) in [5.74, 6) is -0.0292. The highest BCUT2D eigenvalue weighted by Crippen LogP contribution is 2.17. The predicted molar refractivity (Wildman–Crippen MR) is 56.3 cm³/mol. The number of rotatable bonds is 5. The van der Waals surface area contributed by atoms with E-state index in [4.69, 9.17) is 9.47 Å². The van der Waals surface area contributed by atoms with E-state index in [9.17, 15) is 4.79 Å². The third-order valence-corrected chi connectivity index (χ3v) is 2.04. The Morgan fingerprint density at radius 1 is 1.29 bits per heavy atom. The molecule has 2 atom stereocenters. The maximum Gasteiger partial charge on any atom is 0.163 e. The highest BCUT2D eigenvalue weighted by atomic mass is 16.5. The molecule has 3 heteroatoms. The first-order valence-corrected chi connectivity index (χ1v) is 4.97. The van der Waals surface area contributed by atoms with E-state index in [1.165, 1.54) is 7.11 Å². The second-order valence-electron chi connectivity index (χ2n) is 4.62. The van der Waals surface area contributed by atoms with E-state index in [1.54, 1.807) is 0 Å². The minimum Gasteiger partial charge on any atom is -0.377 e. The molecule has 0 aliphatic rings. The molecule has 0 heterocycles. The Kier molecular flexibility index (Phi) is 5.31. The Hall–Kier alpha value is -0.410. The van der Waals surface area contributed by atoms with Gasteiger partial charge in [0, 0.05) is 13.0 Å². The van der Waals surface area contributed by atoms with Crippen LogP contribution in [-0.4, -0.2) is 31.2 Å². The van der Waals surface area contributed by atoms with Gasteiger partial charge in [0.05, 0.1) is 11.7 Å². The van der Waals surface area contributed by atoms with Gasteiger partial charge < -0.3 is 9.47 Å². The molecule has 0 spiro atoms. The van der Waals surface area contributed by atoms with Gasteiger partial charge in [-0.3, -0.25) is 4.79 Å². The number of ether oxygens (including phenoxy) is 2. The summed E-state index contributed by atoms with van der Waals surface area (Å²) >= 11 is 0. The van der Waals surface area contributed by atoms with E-state index in [1.807, 2.05) is 34.6 Å². The van der Waals surface area contributed by atoms with Crippen molar-refractivity contribution in [3.05, 3.63) is 0 Å². The molecule has 0 saturated carbocycles. The molecule has 14 heavy (non-hydrogen) atoms. The number of hydrogen-bond acceptors (Lipinski definition) is 3. The van der Waals surface area contributed by atoms with Crippen molar-refractivity contribution in [3.8, 4) is 0 Å². The topological polar surface area (TPSA) is 35.5 Å². The Bertz CT molecular complexity index is 181. The Morgan fingerprint density at radius 3 is 2.14 bits per heavy atom. The molecule has 1 unspecified atom stereocenters. The van der Waals surface area contributed by atoms with Crippen LogP contribution in [0.5, 0.6) is 0 Å². The standard InChI is InChI=1S/C11H22O3/c1-8(10(12)7-13-6)9(2)14-11(3,4)5/h8-9H,7H2,1-6H3/t8?,9-/m1/s1. The van der Waals surface area contributed by atoms with Gasteiger partial charge in [0.1, 0.15) is 6.61 Å². The second kappa shape index (κ2) is 5.47. The monoisotopic (exact) mass is 202 g/mol. The number of ketones is 1. The van der Waals surface area contributed by atoms with Gasteiger partial charge in [-0.15, -0.1) is 0 Å². The van der Waals surface area contributed by atoms with E-state index in [-0.39, 0.29) is 30.0 Å². The summed E-state index contributed by atoms with van der Waals surface area (Å²) in [7, 11) is 1.53. The smallest absolute Gasteiger partial charge is 0.163 e. The fourth-order valence-corrected chi connectivity index (χ4v) is 1.20. The lowest BCUT2D eigenvalue weighted by Gasteiger charge is -2.28. The SMILES string of the molecule is COCC(=O)C(C)[C@@H](C)OC(C)(C)C. The fourth-order valence-electron chi connectivity index (χ4n) is 1.20. The van der Waals surface area contributed by atoms with Gasteiger partial charge in [-0.1, -0.05) is 6.92 Å². The molecule has 3 nitrogen and oxygen atoms in total. The lowest BCUT2D eigenvalue weighted by atomic mass is 10.0. The van der Waals surface area contributed by atoms with Gasteiger partial charge in [0.15, 0.2) is 5.78 Å². The molecule has 0 radical (unpaired) electrons. The largest absolute Gasteiger partial charge is 0.377 e. The lowest BCUT2D eigenvalue weighted by Crippen LogP contribution is -2.34. The molecule has 0 bridgehead atoms. The zero-order chi connectivity index (χ0) is 11.4. The van der Waals surface area contributed by atoms with Crippen molar-refractivity contribution >= 4 is 5.78 Å². The number of carbonyl (C=O) groups excluding carboxylic acids is 1. The highest BCUT2D eigenvalue weighted by Gasteiger charge is 2.24. The van der Waals surface area contributed by atoms with Gasteiger partial charge in [-0.2, -0.15) is 0 Å². The first-order valence-electron chi connectivity index (χ1n) is 4.97. The Morgan fingerprint density at radius 2 is 1.79 bits per heavy atom. The molecule has 0 fully saturated rings. The third-order valence-electron chi connectivity index (χ3n) is 2.04. The summed E-state index contributed by atoms with van der Waals surface area (Å²) in [5.41, 5.74) is -0.207. The van der Waals surface area contributed by atoms with Crippen molar-refractivity contribution in [2.24, 2.45) is 5.92 Å². The average Bonchev–Trinajstić information content (AvgIpc) is 2.00. The first-order chi connectivity index (χ1) is 6.28. The Labute approximate surface area is 86.8 Å².